The Labute approximate surface area is 153 Å². The number of hydrogen-bond donors (Lipinski definition) is 0. The van der Waals surface area contributed by atoms with Gasteiger partial charge in [-0.25, -0.2) is 8.42 Å². The Balaban J connectivity index is 1.46. The number of piperazine rings is 1. The Morgan fingerprint density at radius 3 is 2.35 bits per heavy atom. The normalized spacial score (nSPS) is 18.9. The molecule has 1 saturated carbocycles. The third kappa shape index (κ3) is 3.14. The Bertz CT molecular complexity index is 911. The molecule has 0 N–H and O–H groups in total. The van der Waals surface area contributed by atoms with Gasteiger partial charge in [-0.2, -0.15) is 9.40 Å². The van der Waals surface area contributed by atoms with Crippen molar-refractivity contribution < 1.29 is 13.2 Å². The summed E-state index contributed by atoms with van der Waals surface area (Å²) in [7, 11) is -1.41. The van der Waals surface area contributed by atoms with Crippen LogP contribution in [-0.2, 0) is 17.1 Å². The van der Waals surface area contributed by atoms with Crippen LogP contribution >= 0.6 is 0 Å². The first kappa shape index (κ1) is 17.2. The molecule has 2 aliphatic rings. The van der Waals surface area contributed by atoms with Crippen LogP contribution in [0, 0.1) is 0 Å². The summed E-state index contributed by atoms with van der Waals surface area (Å²) in [6.45, 7) is 1.56. The van der Waals surface area contributed by atoms with Crippen LogP contribution in [-0.4, -0.2) is 64.7 Å². The Morgan fingerprint density at radius 1 is 1.08 bits per heavy atom. The molecule has 0 radical (unpaired) electrons. The highest BCUT2D eigenvalue weighted by Gasteiger charge is 2.41. The maximum atomic E-state index is 12.9. The maximum absolute atomic E-state index is 12.9. The van der Waals surface area contributed by atoms with Crippen LogP contribution in [0.2, 0.25) is 0 Å². The molecule has 138 valence electrons. The largest absolute Gasteiger partial charge is 0.335 e. The van der Waals surface area contributed by atoms with Gasteiger partial charge in [0.2, 0.25) is 10.0 Å². The number of rotatable bonds is 4. The summed E-state index contributed by atoms with van der Waals surface area (Å²) in [5.74, 6) is -0.106. The van der Waals surface area contributed by atoms with E-state index in [4.69, 9.17) is 0 Å². The van der Waals surface area contributed by atoms with Crippen molar-refractivity contribution in [1.29, 1.82) is 0 Å². The van der Waals surface area contributed by atoms with Crippen molar-refractivity contribution in [3.8, 4) is 11.3 Å². The average molecular weight is 374 g/mol. The fourth-order valence-corrected chi connectivity index (χ4v) is 5.13. The molecule has 0 atom stereocenters. The lowest BCUT2D eigenvalue weighted by atomic mass is 10.1. The molecular weight excluding hydrogens is 352 g/mol. The van der Waals surface area contributed by atoms with Crippen LogP contribution in [0.4, 0.5) is 0 Å². The van der Waals surface area contributed by atoms with Gasteiger partial charge in [0.1, 0.15) is 5.69 Å². The standard InChI is InChI=1S/C18H22N4O3S/c1-20-17(13-16(19-20)14-5-3-2-4-6-14)18(23)21-9-11-22(12-10-21)26(24,25)15-7-8-15/h2-6,13,15H,7-12H2,1H3. The third-order valence-corrected chi connectivity index (χ3v) is 7.40. The number of nitrogens with zero attached hydrogens (tertiary/aromatic N) is 4. The molecule has 1 aliphatic carbocycles. The molecule has 0 spiro atoms. The molecule has 1 aromatic carbocycles. The number of carbonyl (C=O) groups excluding carboxylic acids is 1. The van der Waals surface area contributed by atoms with E-state index >= 15 is 0 Å². The summed E-state index contributed by atoms with van der Waals surface area (Å²) in [5, 5.41) is 4.25. The molecule has 2 heterocycles. The fraction of sp³-hybridized carbons (Fsp3) is 0.444. The van der Waals surface area contributed by atoms with Crippen LogP contribution < -0.4 is 0 Å². The first-order valence-electron chi connectivity index (χ1n) is 8.84. The number of aryl methyl sites for hydroxylation is 1. The molecule has 1 aliphatic heterocycles. The number of hydrogen-bond acceptors (Lipinski definition) is 4. The average Bonchev–Trinajstić information content (AvgIpc) is 3.45. The van der Waals surface area contributed by atoms with Crippen LogP contribution in [0.25, 0.3) is 11.3 Å². The van der Waals surface area contributed by atoms with Gasteiger partial charge in [0, 0.05) is 38.8 Å². The molecule has 0 bridgehead atoms. The second-order valence-corrected chi connectivity index (χ2v) is 9.05. The quantitative estimate of drug-likeness (QED) is 0.809. The molecule has 8 heteroatoms. The van der Waals surface area contributed by atoms with Crippen molar-refractivity contribution in [3.05, 3.63) is 42.1 Å². The second kappa shape index (κ2) is 6.51. The number of sulfonamides is 1. The number of benzene rings is 1. The van der Waals surface area contributed by atoms with E-state index in [0.717, 1.165) is 24.1 Å². The van der Waals surface area contributed by atoms with E-state index in [0.29, 0.717) is 31.9 Å². The topological polar surface area (TPSA) is 75.5 Å². The number of amides is 1. The van der Waals surface area contributed by atoms with Gasteiger partial charge in [-0.3, -0.25) is 9.48 Å². The minimum atomic E-state index is -3.16. The van der Waals surface area contributed by atoms with Crippen LogP contribution in [0.1, 0.15) is 23.3 Å². The number of aromatic nitrogens is 2. The third-order valence-electron chi connectivity index (χ3n) is 5.00. The van der Waals surface area contributed by atoms with Gasteiger partial charge in [-0.15, -0.1) is 0 Å². The van der Waals surface area contributed by atoms with Crippen molar-refractivity contribution in [2.75, 3.05) is 26.2 Å². The molecule has 0 unspecified atom stereocenters. The summed E-state index contributed by atoms with van der Waals surface area (Å²) >= 11 is 0. The molecule has 1 amide bonds. The lowest BCUT2D eigenvalue weighted by molar-refractivity contribution is 0.0686. The zero-order chi connectivity index (χ0) is 18.3. The monoisotopic (exact) mass is 374 g/mol. The molecule has 4 rings (SSSR count). The zero-order valence-electron chi connectivity index (χ0n) is 14.7. The summed E-state index contributed by atoms with van der Waals surface area (Å²) < 4.78 is 27.8. The van der Waals surface area contributed by atoms with Gasteiger partial charge >= 0.3 is 0 Å². The summed E-state index contributed by atoms with van der Waals surface area (Å²) in [5.41, 5.74) is 2.23. The van der Waals surface area contributed by atoms with E-state index in [1.807, 2.05) is 30.3 Å². The van der Waals surface area contributed by atoms with Crippen molar-refractivity contribution in [3.63, 3.8) is 0 Å². The van der Waals surface area contributed by atoms with E-state index in [9.17, 15) is 13.2 Å². The second-order valence-electron chi connectivity index (χ2n) is 6.84. The first-order valence-corrected chi connectivity index (χ1v) is 10.3. The summed E-state index contributed by atoms with van der Waals surface area (Å²) in [6, 6.07) is 11.5. The Morgan fingerprint density at radius 2 is 1.73 bits per heavy atom. The van der Waals surface area contributed by atoms with E-state index in [-0.39, 0.29) is 11.2 Å². The SMILES string of the molecule is Cn1nc(-c2ccccc2)cc1C(=O)N1CCN(S(=O)(=O)C2CC2)CC1. The molecule has 2 aromatic rings. The van der Waals surface area contributed by atoms with E-state index in [1.165, 1.54) is 4.31 Å². The zero-order valence-corrected chi connectivity index (χ0v) is 15.5. The highest BCUT2D eigenvalue weighted by atomic mass is 32.2. The van der Waals surface area contributed by atoms with E-state index < -0.39 is 10.0 Å². The van der Waals surface area contributed by atoms with Gasteiger partial charge < -0.3 is 4.90 Å². The predicted molar refractivity (Wildman–Crippen MR) is 98.1 cm³/mol. The van der Waals surface area contributed by atoms with Gasteiger partial charge in [-0.1, -0.05) is 30.3 Å². The minimum Gasteiger partial charge on any atom is -0.335 e. The van der Waals surface area contributed by atoms with Gasteiger partial charge in [0.25, 0.3) is 5.91 Å². The van der Waals surface area contributed by atoms with E-state index in [1.54, 1.807) is 22.7 Å². The van der Waals surface area contributed by atoms with Gasteiger partial charge in [0.05, 0.1) is 10.9 Å². The maximum Gasteiger partial charge on any atom is 0.272 e. The molecule has 7 nitrogen and oxygen atoms in total. The Kier molecular flexibility index (Phi) is 4.32. The lowest BCUT2D eigenvalue weighted by Crippen LogP contribution is -2.51. The predicted octanol–water partition coefficient (Wildman–Crippen LogP) is 1.34. The first-order chi connectivity index (χ1) is 12.5. The highest BCUT2D eigenvalue weighted by Crippen LogP contribution is 2.31. The Hall–Kier alpha value is -2.19. The highest BCUT2D eigenvalue weighted by molar-refractivity contribution is 7.90. The van der Waals surface area contributed by atoms with Crippen LogP contribution in [0.15, 0.2) is 36.4 Å². The molecule has 1 aromatic heterocycles. The lowest BCUT2D eigenvalue weighted by Gasteiger charge is -2.34. The van der Waals surface area contributed by atoms with Crippen molar-refractivity contribution in [1.82, 2.24) is 19.0 Å². The van der Waals surface area contributed by atoms with Crippen LogP contribution in [0.3, 0.4) is 0 Å². The van der Waals surface area contributed by atoms with Crippen molar-refractivity contribution >= 4 is 15.9 Å². The fourth-order valence-electron chi connectivity index (χ4n) is 3.30. The molecule has 2 fully saturated rings. The minimum absolute atomic E-state index is 0.106. The molecular formula is C18H22N4O3S. The van der Waals surface area contributed by atoms with Crippen molar-refractivity contribution in [2.24, 2.45) is 7.05 Å². The van der Waals surface area contributed by atoms with Gasteiger partial charge in [-0.05, 0) is 18.9 Å². The van der Waals surface area contributed by atoms with Crippen molar-refractivity contribution in [2.45, 2.75) is 18.1 Å². The summed E-state index contributed by atoms with van der Waals surface area (Å²) in [4.78, 5) is 14.6. The molecule has 26 heavy (non-hydrogen) atoms. The summed E-state index contributed by atoms with van der Waals surface area (Å²) in [6.07, 6.45) is 1.53. The smallest absolute Gasteiger partial charge is 0.272 e. The number of carbonyl (C=O) groups is 1. The van der Waals surface area contributed by atoms with Crippen LogP contribution in [0.5, 0.6) is 0 Å². The van der Waals surface area contributed by atoms with Gasteiger partial charge in [0.15, 0.2) is 0 Å². The van der Waals surface area contributed by atoms with E-state index in [2.05, 4.69) is 5.10 Å². The molecule has 1 saturated heterocycles.